The first-order valence-corrected chi connectivity index (χ1v) is 4.14. The van der Waals surface area contributed by atoms with Crippen molar-refractivity contribution >= 4 is 22.0 Å². The third-order valence-corrected chi connectivity index (χ3v) is 0.670. The fourth-order valence-electron chi connectivity index (χ4n) is 0. The van der Waals surface area contributed by atoms with Crippen molar-refractivity contribution in [1.29, 1.82) is 0 Å². The molecule has 0 aromatic carbocycles. The van der Waals surface area contributed by atoms with E-state index < -0.39 is 10.4 Å². The summed E-state index contributed by atoms with van der Waals surface area (Å²) >= 11 is 5.09. The third kappa shape index (κ3) is 95.0. The predicted molar refractivity (Wildman–Crippen MR) is 37.7 cm³/mol. The molecule has 0 saturated heterocycles. The van der Waals surface area contributed by atoms with Crippen LogP contribution in [-0.4, -0.2) is 34.6 Å². The molecule has 0 aliphatic carbocycles. The zero-order valence-corrected chi connectivity index (χ0v) is 9.80. The molecule has 0 rings (SSSR count). The van der Waals surface area contributed by atoms with Gasteiger partial charge in [0.05, 0.1) is 6.10 Å². The van der Waals surface area contributed by atoms with Gasteiger partial charge in [-0.1, -0.05) is 0 Å². The molecule has 0 fully saturated rings. The standard InChI is InChI=1S/C3H7ClO.Na.H2O4S.H/c1-3(5)2-4;;1-5(2,3)4;/h3,5H,2H2,1H3;;(H2,1,2,3,4);/q;+1;;-1. The number of alkyl halides is 1. The summed E-state index contributed by atoms with van der Waals surface area (Å²) in [6, 6.07) is 0. The van der Waals surface area contributed by atoms with E-state index in [0.29, 0.717) is 5.88 Å². The van der Waals surface area contributed by atoms with Gasteiger partial charge in [0.15, 0.2) is 0 Å². The van der Waals surface area contributed by atoms with Crippen LogP contribution < -0.4 is 29.6 Å². The van der Waals surface area contributed by atoms with Crippen LogP contribution in [0.1, 0.15) is 8.35 Å². The van der Waals surface area contributed by atoms with Crippen LogP contribution in [0.4, 0.5) is 0 Å². The molecule has 0 aliphatic heterocycles. The van der Waals surface area contributed by atoms with Gasteiger partial charge in [-0.15, -0.1) is 11.6 Å². The maximum atomic E-state index is 8.74. The minimum atomic E-state index is -4.67. The average molecular weight is 217 g/mol. The molecule has 1 unspecified atom stereocenters. The monoisotopic (exact) mass is 216 g/mol. The molecule has 8 heteroatoms. The van der Waals surface area contributed by atoms with Gasteiger partial charge in [0.25, 0.3) is 0 Å². The van der Waals surface area contributed by atoms with E-state index >= 15 is 0 Å². The Labute approximate surface area is 94.1 Å². The van der Waals surface area contributed by atoms with Crippen molar-refractivity contribution in [3.05, 3.63) is 0 Å². The largest absolute Gasteiger partial charge is 1.00 e. The molecule has 0 aliphatic rings. The Morgan fingerprint density at radius 1 is 1.55 bits per heavy atom. The summed E-state index contributed by atoms with van der Waals surface area (Å²) in [6.07, 6.45) is -0.350. The minimum Gasteiger partial charge on any atom is -1.00 e. The van der Waals surface area contributed by atoms with E-state index in [-0.39, 0.29) is 37.1 Å². The van der Waals surface area contributed by atoms with E-state index in [9.17, 15) is 0 Å². The molecular formula is C3H10ClNaO5S. The Kier molecular flexibility index (Phi) is 15.1. The second-order valence-corrected chi connectivity index (χ2v) is 2.66. The molecular weight excluding hydrogens is 207 g/mol. The first-order valence-electron chi connectivity index (χ1n) is 2.21. The van der Waals surface area contributed by atoms with Gasteiger partial charge in [-0.3, -0.25) is 9.11 Å². The Balaban J connectivity index is -0.0000000457. The molecule has 3 N–H and O–H groups in total. The van der Waals surface area contributed by atoms with E-state index in [0.717, 1.165) is 0 Å². The second-order valence-electron chi connectivity index (χ2n) is 1.45. The number of aliphatic hydroxyl groups is 1. The van der Waals surface area contributed by atoms with Crippen LogP contribution in [-0.2, 0) is 10.4 Å². The Hall–Kier alpha value is 1.12. The quantitative estimate of drug-likeness (QED) is 0.248. The smallest absolute Gasteiger partial charge is 1.00 e. The van der Waals surface area contributed by atoms with Gasteiger partial charge in [0.1, 0.15) is 0 Å². The average Bonchev–Trinajstić information content (AvgIpc) is 1.61. The molecule has 0 aromatic heterocycles. The van der Waals surface area contributed by atoms with Gasteiger partial charge >= 0.3 is 40.0 Å². The molecule has 11 heavy (non-hydrogen) atoms. The fourth-order valence-corrected chi connectivity index (χ4v) is 0. The summed E-state index contributed by atoms with van der Waals surface area (Å²) in [7, 11) is -4.67. The van der Waals surface area contributed by atoms with Crippen LogP contribution in [0.15, 0.2) is 0 Å². The number of rotatable bonds is 1. The molecule has 0 bridgehead atoms. The predicted octanol–water partition coefficient (Wildman–Crippen LogP) is -2.93. The van der Waals surface area contributed by atoms with Crippen molar-refractivity contribution in [2.24, 2.45) is 0 Å². The van der Waals surface area contributed by atoms with Crippen LogP contribution >= 0.6 is 11.6 Å². The zero-order chi connectivity index (χ0) is 8.78. The van der Waals surface area contributed by atoms with Gasteiger partial charge in [0, 0.05) is 5.88 Å². The maximum Gasteiger partial charge on any atom is 1.00 e. The van der Waals surface area contributed by atoms with Crippen molar-refractivity contribution in [1.82, 2.24) is 0 Å². The van der Waals surface area contributed by atoms with E-state index in [1.54, 1.807) is 6.92 Å². The maximum absolute atomic E-state index is 8.74. The van der Waals surface area contributed by atoms with E-state index in [2.05, 4.69) is 0 Å². The van der Waals surface area contributed by atoms with Gasteiger partial charge < -0.3 is 6.53 Å². The summed E-state index contributed by atoms with van der Waals surface area (Å²) in [5.41, 5.74) is 0. The SMILES string of the molecule is CC(O)CCl.O=S(=O)(O)O.[H-].[Na+]. The number of hydrogen-bond donors (Lipinski definition) is 3. The van der Waals surface area contributed by atoms with E-state index in [1.165, 1.54) is 0 Å². The summed E-state index contributed by atoms with van der Waals surface area (Å²) in [5.74, 6) is 0.333. The number of hydrogen-bond acceptors (Lipinski definition) is 3. The number of halogens is 1. The molecule has 0 aromatic rings. The zero-order valence-electron chi connectivity index (χ0n) is 7.23. The van der Waals surface area contributed by atoms with Crippen molar-refractivity contribution in [2.75, 3.05) is 5.88 Å². The Bertz CT molecular complexity index is 152. The van der Waals surface area contributed by atoms with Crippen LogP contribution in [0.25, 0.3) is 0 Å². The van der Waals surface area contributed by atoms with E-state index in [1.807, 2.05) is 0 Å². The summed E-state index contributed by atoms with van der Waals surface area (Å²) in [6.45, 7) is 1.65. The van der Waals surface area contributed by atoms with Gasteiger partial charge in [-0.05, 0) is 6.92 Å². The molecule has 0 saturated carbocycles. The van der Waals surface area contributed by atoms with Crippen molar-refractivity contribution in [2.45, 2.75) is 13.0 Å². The first kappa shape index (κ1) is 18.0. The fraction of sp³-hybridized carbons (Fsp3) is 1.00. The summed E-state index contributed by atoms with van der Waals surface area (Å²) in [5, 5.41) is 8.23. The van der Waals surface area contributed by atoms with Crippen molar-refractivity contribution < 1.29 is 53.6 Å². The second kappa shape index (κ2) is 9.21. The van der Waals surface area contributed by atoms with Crippen LogP contribution in [0.3, 0.4) is 0 Å². The van der Waals surface area contributed by atoms with Crippen LogP contribution in [0.2, 0.25) is 0 Å². The first-order chi connectivity index (χ1) is 4.27. The normalized spacial score (nSPS) is 12.1. The minimum absolute atomic E-state index is 0. The topological polar surface area (TPSA) is 94.8 Å². The molecule has 5 nitrogen and oxygen atoms in total. The summed E-state index contributed by atoms with van der Waals surface area (Å²) < 4.78 is 31.6. The van der Waals surface area contributed by atoms with Gasteiger partial charge in [0.2, 0.25) is 0 Å². The third-order valence-electron chi connectivity index (χ3n) is 0.223. The summed E-state index contributed by atoms with van der Waals surface area (Å²) in [4.78, 5) is 0. The molecule has 1 atom stereocenters. The van der Waals surface area contributed by atoms with E-state index in [4.69, 9.17) is 34.2 Å². The van der Waals surface area contributed by atoms with Crippen molar-refractivity contribution in [3.8, 4) is 0 Å². The Morgan fingerprint density at radius 3 is 1.64 bits per heavy atom. The van der Waals surface area contributed by atoms with Crippen molar-refractivity contribution in [3.63, 3.8) is 0 Å². The molecule has 0 amide bonds. The van der Waals surface area contributed by atoms with Gasteiger partial charge in [-0.2, -0.15) is 8.42 Å². The number of aliphatic hydroxyl groups excluding tert-OH is 1. The van der Waals surface area contributed by atoms with Gasteiger partial charge in [-0.25, -0.2) is 0 Å². The molecule has 0 heterocycles. The van der Waals surface area contributed by atoms with Crippen LogP contribution in [0, 0.1) is 0 Å². The molecule has 66 valence electrons. The molecule has 0 radical (unpaired) electrons. The van der Waals surface area contributed by atoms with Crippen LogP contribution in [0.5, 0.6) is 0 Å². The Morgan fingerprint density at radius 2 is 1.64 bits per heavy atom. The molecule has 0 spiro atoms.